The van der Waals surface area contributed by atoms with Crippen LogP contribution in [-0.2, 0) is 0 Å². The van der Waals surface area contributed by atoms with Gasteiger partial charge in [-0.1, -0.05) is 27.7 Å². The second kappa shape index (κ2) is 3.50. The van der Waals surface area contributed by atoms with E-state index >= 15 is 0 Å². The number of thioether (sulfide) groups is 1. The zero-order valence-electron chi connectivity index (χ0n) is 7.19. The molecule has 0 radical (unpaired) electrons. The molecule has 0 fully saturated rings. The van der Waals surface area contributed by atoms with Crippen LogP contribution in [0.5, 0.6) is 0 Å². The van der Waals surface area contributed by atoms with Gasteiger partial charge in [0.1, 0.15) is 0 Å². The molecule has 0 unspecified atom stereocenters. The molecule has 0 rings (SSSR count). The van der Waals surface area contributed by atoms with E-state index in [1.165, 1.54) is 5.75 Å². The van der Waals surface area contributed by atoms with Crippen molar-refractivity contribution in [2.45, 2.75) is 27.7 Å². The van der Waals surface area contributed by atoms with Gasteiger partial charge < -0.3 is 0 Å². The van der Waals surface area contributed by atoms with Crippen LogP contribution in [-0.4, -0.2) is 12.0 Å². The minimum Gasteiger partial charge on any atom is -0.165 e. The van der Waals surface area contributed by atoms with Crippen molar-refractivity contribution in [1.82, 2.24) is 0 Å². The Morgan fingerprint density at radius 1 is 1.33 bits per heavy atom. The summed E-state index contributed by atoms with van der Waals surface area (Å²) in [5.74, 6) is 2.11. The van der Waals surface area contributed by atoms with Gasteiger partial charge in [-0.3, -0.25) is 0 Å². The quantitative estimate of drug-likeness (QED) is 0.577. The molecule has 0 spiro atoms. The van der Waals surface area contributed by atoms with E-state index in [9.17, 15) is 0 Å². The molecule has 56 valence electrons. The number of rotatable bonds is 2. The van der Waals surface area contributed by atoms with Crippen molar-refractivity contribution in [3.05, 3.63) is 0 Å². The van der Waals surface area contributed by atoms with E-state index < -0.39 is 0 Å². The van der Waals surface area contributed by atoms with E-state index in [0.29, 0.717) is 5.41 Å². The summed E-state index contributed by atoms with van der Waals surface area (Å²) in [6.07, 6.45) is 2.17. The highest BCUT2D eigenvalue weighted by atomic mass is 32.2. The van der Waals surface area contributed by atoms with Gasteiger partial charge >= 0.3 is 0 Å². The first-order chi connectivity index (χ1) is 3.98. The predicted molar refractivity (Wildman–Crippen MR) is 47.0 cm³/mol. The molecule has 0 saturated heterocycles. The van der Waals surface area contributed by atoms with E-state index in [2.05, 4.69) is 34.0 Å². The third kappa shape index (κ3) is 3.85. The van der Waals surface area contributed by atoms with Crippen LogP contribution in [0.25, 0.3) is 0 Å². The molecule has 0 aromatic heterocycles. The summed E-state index contributed by atoms with van der Waals surface area (Å²) in [6.45, 7) is 9.21. The molecule has 0 saturated carbocycles. The highest BCUT2D eigenvalue weighted by molar-refractivity contribution is 7.98. The van der Waals surface area contributed by atoms with Gasteiger partial charge in [0.05, 0.1) is 0 Å². The lowest BCUT2D eigenvalue weighted by Gasteiger charge is -2.26. The third-order valence-electron chi connectivity index (χ3n) is 1.90. The summed E-state index contributed by atoms with van der Waals surface area (Å²) < 4.78 is 0. The van der Waals surface area contributed by atoms with Crippen LogP contribution in [0.2, 0.25) is 0 Å². The summed E-state index contributed by atoms with van der Waals surface area (Å²) in [7, 11) is 0. The smallest absolute Gasteiger partial charge is 0.00396 e. The molecule has 0 amide bonds. The standard InChI is InChI=1S/C8H18S/c1-7(6-9-5)8(2,3)4/h7H,6H2,1-5H3/t7-/m1/s1. The lowest BCUT2D eigenvalue weighted by Crippen LogP contribution is -2.18. The van der Waals surface area contributed by atoms with E-state index in [0.717, 1.165) is 5.92 Å². The molecule has 0 aromatic carbocycles. The molecule has 0 aliphatic heterocycles. The summed E-state index contributed by atoms with van der Waals surface area (Å²) >= 11 is 1.94. The Morgan fingerprint density at radius 2 is 1.78 bits per heavy atom. The van der Waals surface area contributed by atoms with Crippen molar-refractivity contribution < 1.29 is 0 Å². The molecular formula is C8H18S. The SMILES string of the molecule is CSC[C@@H](C)C(C)(C)C. The summed E-state index contributed by atoms with van der Waals surface area (Å²) in [4.78, 5) is 0. The molecule has 0 heterocycles. The van der Waals surface area contributed by atoms with Crippen LogP contribution in [0, 0.1) is 11.3 Å². The van der Waals surface area contributed by atoms with Crippen LogP contribution < -0.4 is 0 Å². The second-order valence-electron chi connectivity index (χ2n) is 3.72. The fourth-order valence-corrected chi connectivity index (χ4v) is 1.50. The van der Waals surface area contributed by atoms with Gasteiger partial charge in [0.25, 0.3) is 0 Å². The van der Waals surface area contributed by atoms with Gasteiger partial charge in [0.15, 0.2) is 0 Å². The number of hydrogen-bond acceptors (Lipinski definition) is 1. The summed E-state index contributed by atoms with van der Waals surface area (Å²) in [5, 5.41) is 0. The Labute approximate surface area is 63.4 Å². The Morgan fingerprint density at radius 3 is 1.89 bits per heavy atom. The largest absolute Gasteiger partial charge is 0.165 e. The zero-order valence-corrected chi connectivity index (χ0v) is 8.01. The van der Waals surface area contributed by atoms with Crippen molar-refractivity contribution in [3.8, 4) is 0 Å². The highest BCUT2D eigenvalue weighted by Gasteiger charge is 2.18. The van der Waals surface area contributed by atoms with E-state index in [4.69, 9.17) is 0 Å². The molecule has 0 aromatic rings. The molecule has 1 atom stereocenters. The van der Waals surface area contributed by atoms with Gasteiger partial charge in [-0.25, -0.2) is 0 Å². The van der Waals surface area contributed by atoms with Crippen LogP contribution in [0.1, 0.15) is 27.7 Å². The average Bonchev–Trinajstić information content (AvgIpc) is 1.64. The first kappa shape index (κ1) is 9.35. The molecule has 0 bridgehead atoms. The summed E-state index contributed by atoms with van der Waals surface area (Å²) in [6, 6.07) is 0. The van der Waals surface area contributed by atoms with Crippen molar-refractivity contribution >= 4 is 11.8 Å². The molecule has 9 heavy (non-hydrogen) atoms. The molecule has 1 heteroatoms. The Kier molecular flexibility index (Phi) is 3.64. The second-order valence-corrected chi connectivity index (χ2v) is 4.63. The minimum absolute atomic E-state index is 0.489. The van der Waals surface area contributed by atoms with E-state index in [1.54, 1.807) is 0 Å². The van der Waals surface area contributed by atoms with Crippen molar-refractivity contribution in [3.63, 3.8) is 0 Å². The van der Waals surface area contributed by atoms with Crippen LogP contribution in [0.4, 0.5) is 0 Å². The van der Waals surface area contributed by atoms with Gasteiger partial charge in [-0.05, 0) is 23.3 Å². The van der Waals surface area contributed by atoms with Crippen molar-refractivity contribution in [2.24, 2.45) is 11.3 Å². The predicted octanol–water partition coefficient (Wildman–Crippen LogP) is 3.03. The first-order valence-electron chi connectivity index (χ1n) is 3.47. The topological polar surface area (TPSA) is 0 Å². The molecule has 0 N–H and O–H groups in total. The third-order valence-corrected chi connectivity index (χ3v) is 2.73. The fourth-order valence-electron chi connectivity index (χ4n) is 0.500. The maximum atomic E-state index is 2.32. The van der Waals surface area contributed by atoms with E-state index in [-0.39, 0.29) is 0 Å². The lowest BCUT2D eigenvalue weighted by molar-refractivity contribution is 0.289. The van der Waals surface area contributed by atoms with Gasteiger partial charge in [0, 0.05) is 0 Å². The first-order valence-corrected chi connectivity index (χ1v) is 4.87. The van der Waals surface area contributed by atoms with Gasteiger partial charge in [-0.2, -0.15) is 11.8 Å². The highest BCUT2D eigenvalue weighted by Crippen LogP contribution is 2.27. The Hall–Kier alpha value is 0.350. The summed E-state index contributed by atoms with van der Waals surface area (Å²) in [5.41, 5.74) is 0.489. The molecule has 0 nitrogen and oxygen atoms in total. The van der Waals surface area contributed by atoms with Crippen molar-refractivity contribution in [2.75, 3.05) is 12.0 Å². The normalized spacial score (nSPS) is 15.7. The van der Waals surface area contributed by atoms with Crippen LogP contribution in [0.3, 0.4) is 0 Å². The van der Waals surface area contributed by atoms with Gasteiger partial charge in [0.2, 0.25) is 0 Å². The van der Waals surface area contributed by atoms with Crippen LogP contribution >= 0.6 is 11.8 Å². The monoisotopic (exact) mass is 146 g/mol. The van der Waals surface area contributed by atoms with Crippen LogP contribution in [0.15, 0.2) is 0 Å². The van der Waals surface area contributed by atoms with E-state index in [1.807, 2.05) is 11.8 Å². The fraction of sp³-hybridized carbons (Fsp3) is 1.00. The lowest BCUT2D eigenvalue weighted by atomic mass is 9.83. The Bertz CT molecular complexity index is 71.1. The number of hydrogen-bond donors (Lipinski definition) is 0. The minimum atomic E-state index is 0.489. The zero-order chi connectivity index (χ0) is 7.49. The maximum Gasteiger partial charge on any atom is -0.00396 e. The Balaban J connectivity index is 3.59. The molecular weight excluding hydrogens is 128 g/mol. The maximum absolute atomic E-state index is 2.32. The molecule has 0 aliphatic carbocycles. The average molecular weight is 146 g/mol. The van der Waals surface area contributed by atoms with Crippen molar-refractivity contribution in [1.29, 1.82) is 0 Å². The molecule has 0 aliphatic rings. The van der Waals surface area contributed by atoms with Gasteiger partial charge in [-0.15, -0.1) is 0 Å².